The van der Waals surface area contributed by atoms with Gasteiger partial charge in [0.05, 0.1) is 0 Å². The second-order valence-electron chi connectivity index (χ2n) is 5.84. The average Bonchev–Trinajstić information content (AvgIpc) is 2.15. The predicted molar refractivity (Wildman–Crippen MR) is 65.9 cm³/mol. The van der Waals surface area contributed by atoms with E-state index in [1.807, 2.05) is 20.8 Å². The minimum Gasteiger partial charge on any atom is -0.444 e. The van der Waals surface area contributed by atoms with E-state index in [1.54, 1.807) is 0 Å². The van der Waals surface area contributed by atoms with Crippen LogP contribution in [0.4, 0.5) is 4.79 Å². The minimum absolute atomic E-state index is 0. The van der Waals surface area contributed by atoms with E-state index in [4.69, 9.17) is 4.74 Å². The number of nitrogens with one attached hydrogen (secondary N) is 1. The van der Waals surface area contributed by atoms with Crippen LogP contribution in [0, 0.1) is 0 Å². The number of rotatable bonds is 3. The maximum Gasteiger partial charge on any atom is 0.408 e. The number of aldehydes is 1. The predicted octanol–water partition coefficient (Wildman–Crippen LogP) is 2.80. The van der Waals surface area contributed by atoms with Gasteiger partial charge in [0.2, 0.25) is 0 Å². The molecule has 0 atom stereocenters. The van der Waals surface area contributed by atoms with Gasteiger partial charge in [0, 0.05) is 29.0 Å². The normalized spacial score (nSPS) is 18.4. The summed E-state index contributed by atoms with van der Waals surface area (Å²) in [6, 6.07) is 0. The van der Waals surface area contributed by atoms with Crippen LogP contribution in [0.1, 0.15) is 59.3 Å². The molecule has 0 aromatic heterocycles. The molecule has 0 aliphatic heterocycles. The Morgan fingerprint density at radius 1 is 1.28 bits per heavy atom. The van der Waals surface area contributed by atoms with Crippen LogP contribution >= 0.6 is 0 Å². The monoisotopic (exact) mass is 297 g/mol. The van der Waals surface area contributed by atoms with Gasteiger partial charge in [0.15, 0.2) is 0 Å². The summed E-state index contributed by atoms with van der Waals surface area (Å²) >= 11 is 0. The van der Waals surface area contributed by atoms with Crippen molar-refractivity contribution in [2.75, 3.05) is 0 Å². The van der Waals surface area contributed by atoms with Crippen LogP contribution in [0.5, 0.6) is 0 Å². The largest absolute Gasteiger partial charge is 0.444 e. The van der Waals surface area contributed by atoms with Crippen LogP contribution in [-0.4, -0.2) is 23.5 Å². The standard InChI is InChI=1S/C13H23NO3.Fe/c1-12(2,3)17-11(16)14-13(9-10-15)7-5-4-6-8-13;/h10H,4-9H2,1-3H3,(H,14,16);. The fraction of sp³-hybridized carbons (Fsp3) is 0.846. The Morgan fingerprint density at radius 3 is 2.28 bits per heavy atom. The maximum absolute atomic E-state index is 11.8. The van der Waals surface area contributed by atoms with Gasteiger partial charge in [-0.3, -0.25) is 0 Å². The molecular weight excluding hydrogens is 274 g/mol. The maximum atomic E-state index is 11.8. The number of alkyl carbamates (subject to hydrolysis) is 1. The molecule has 0 radical (unpaired) electrons. The van der Waals surface area contributed by atoms with Crippen molar-refractivity contribution in [3.63, 3.8) is 0 Å². The third-order valence-corrected chi connectivity index (χ3v) is 3.05. The second-order valence-corrected chi connectivity index (χ2v) is 5.84. The van der Waals surface area contributed by atoms with Crippen LogP contribution in [0.2, 0.25) is 0 Å². The summed E-state index contributed by atoms with van der Waals surface area (Å²) in [6.07, 6.45) is 5.88. The van der Waals surface area contributed by atoms with E-state index in [-0.39, 0.29) is 22.6 Å². The molecule has 1 aliphatic carbocycles. The fourth-order valence-electron chi connectivity index (χ4n) is 2.29. The molecule has 4 nitrogen and oxygen atoms in total. The quantitative estimate of drug-likeness (QED) is 0.644. The van der Waals surface area contributed by atoms with Gasteiger partial charge in [0.25, 0.3) is 0 Å². The topological polar surface area (TPSA) is 55.4 Å². The first-order chi connectivity index (χ1) is 7.87. The Balaban J connectivity index is 0.00000289. The van der Waals surface area contributed by atoms with Crippen molar-refractivity contribution in [3.8, 4) is 0 Å². The van der Waals surface area contributed by atoms with Crippen LogP contribution in [-0.2, 0) is 26.6 Å². The van der Waals surface area contributed by atoms with Crippen molar-refractivity contribution in [1.82, 2.24) is 5.32 Å². The first-order valence-electron chi connectivity index (χ1n) is 6.32. The number of carbonyl (C=O) groups is 2. The molecule has 0 aromatic carbocycles. The summed E-state index contributed by atoms with van der Waals surface area (Å²) in [5.74, 6) is 0. The summed E-state index contributed by atoms with van der Waals surface area (Å²) in [6.45, 7) is 5.50. The molecule has 1 N–H and O–H groups in total. The van der Waals surface area contributed by atoms with E-state index in [2.05, 4.69) is 5.32 Å². The Bertz CT molecular complexity index is 280. The van der Waals surface area contributed by atoms with Crippen molar-refractivity contribution < 1.29 is 31.4 Å². The van der Waals surface area contributed by atoms with Crippen molar-refractivity contribution in [2.24, 2.45) is 0 Å². The summed E-state index contributed by atoms with van der Waals surface area (Å²) in [7, 11) is 0. The smallest absolute Gasteiger partial charge is 0.408 e. The summed E-state index contributed by atoms with van der Waals surface area (Å²) in [4.78, 5) is 22.5. The number of carbonyl (C=O) groups excluding carboxylic acids is 2. The number of amides is 1. The molecule has 1 aliphatic rings. The van der Waals surface area contributed by atoms with Gasteiger partial charge >= 0.3 is 6.09 Å². The molecule has 0 spiro atoms. The third-order valence-electron chi connectivity index (χ3n) is 3.05. The molecule has 18 heavy (non-hydrogen) atoms. The summed E-state index contributed by atoms with van der Waals surface area (Å²) in [5.41, 5.74) is -0.872. The van der Waals surface area contributed by atoms with E-state index in [0.29, 0.717) is 6.42 Å². The van der Waals surface area contributed by atoms with E-state index in [0.717, 1.165) is 32.0 Å². The van der Waals surface area contributed by atoms with Crippen molar-refractivity contribution in [3.05, 3.63) is 0 Å². The first kappa shape index (κ1) is 17.5. The van der Waals surface area contributed by atoms with Gasteiger partial charge in [-0.05, 0) is 33.6 Å². The van der Waals surface area contributed by atoms with Crippen molar-refractivity contribution in [1.29, 1.82) is 0 Å². The SMILES string of the molecule is CC(C)(C)OC(=O)NC1(CC=O)CCCCC1.[Fe]. The average molecular weight is 297 g/mol. The molecular formula is C13H23FeNO3. The van der Waals surface area contributed by atoms with Gasteiger partial charge in [0.1, 0.15) is 11.9 Å². The second kappa shape index (κ2) is 7.15. The molecule has 106 valence electrons. The zero-order chi connectivity index (χ0) is 12.9. The molecule has 1 fully saturated rings. The van der Waals surface area contributed by atoms with E-state index in [9.17, 15) is 9.59 Å². The zero-order valence-electron chi connectivity index (χ0n) is 11.4. The molecule has 1 amide bonds. The van der Waals surface area contributed by atoms with E-state index < -0.39 is 11.7 Å². The van der Waals surface area contributed by atoms with E-state index in [1.165, 1.54) is 6.42 Å². The van der Waals surface area contributed by atoms with Gasteiger partial charge in [-0.15, -0.1) is 0 Å². The fourth-order valence-corrected chi connectivity index (χ4v) is 2.29. The van der Waals surface area contributed by atoms with E-state index >= 15 is 0 Å². The molecule has 0 aromatic rings. The Labute approximate surface area is 120 Å². The van der Waals surface area contributed by atoms with Crippen molar-refractivity contribution in [2.45, 2.75) is 70.4 Å². The van der Waals surface area contributed by atoms with Crippen molar-refractivity contribution >= 4 is 12.4 Å². The van der Waals surface area contributed by atoms with Gasteiger partial charge in [-0.2, -0.15) is 0 Å². The molecule has 0 unspecified atom stereocenters. The van der Waals surface area contributed by atoms with Crippen LogP contribution in [0.25, 0.3) is 0 Å². The third kappa shape index (κ3) is 5.87. The summed E-state index contributed by atoms with van der Waals surface area (Å²) in [5, 5.41) is 2.90. The van der Waals surface area contributed by atoms with Crippen LogP contribution in [0.15, 0.2) is 0 Å². The first-order valence-corrected chi connectivity index (χ1v) is 6.32. The zero-order valence-corrected chi connectivity index (χ0v) is 12.5. The molecule has 0 bridgehead atoms. The van der Waals surface area contributed by atoms with Crippen LogP contribution < -0.4 is 5.32 Å². The van der Waals surface area contributed by atoms with Crippen LogP contribution in [0.3, 0.4) is 0 Å². The molecule has 1 rings (SSSR count). The van der Waals surface area contributed by atoms with Gasteiger partial charge < -0.3 is 14.8 Å². The number of hydrogen-bond donors (Lipinski definition) is 1. The minimum atomic E-state index is -0.499. The number of hydrogen-bond acceptors (Lipinski definition) is 3. The Hall–Kier alpha value is -0.541. The molecule has 5 heteroatoms. The Kier molecular flexibility index (Phi) is 6.93. The molecule has 0 heterocycles. The summed E-state index contributed by atoms with van der Waals surface area (Å²) < 4.78 is 5.25. The molecule has 1 saturated carbocycles. The van der Waals surface area contributed by atoms with Gasteiger partial charge in [-0.25, -0.2) is 4.79 Å². The Morgan fingerprint density at radius 2 is 1.83 bits per heavy atom. The molecule has 0 saturated heterocycles. The van der Waals surface area contributed by atoms with Gasteiger partial charge in [-0.1, -0.05) is 19.3 Å². The number of ether oxygens (including phenoxy) is 1.